The summed E-state index contributed by atoms with van der Waals surface area (Å²) in [5.74, 6) is 1.77. The molecule has 0 saturated heterocycles. The van der Waals surface area contributed by atoms with E-state index in [0.29, 0.717) is 55.9 Å². The fraction of sp³-hybridized carbons (Fsp3) is 0.359. The largest absolute Gasteiger partial charge is 0.472 e. The van der Waals surface area contributed by atoms with Crippen LogP contribution in [0, 0.1) is 0 Å². The number of rotatable bonds is 9. The molecule has 7 rings (SSSR count). The quantitative estimate of drug-likeness (QED) is 0.160. The Bertz CT molecular complexity index is 2060. The van der Waals surface area contributed by atoms with Gasteiger partial charge in [-0.3, -0.25) is 0 Å². The van der Waals surface area contributed by atoms with Gasteiger partial charge in [-0.1, -0.05) is 48.5 Å². The topological polar surface area (TPSA) is 128 Å². The molecule has 12 nitrogen and oxygen atoms in total. The van der Waals surface area contributed by atoms with E-state index < -0.39 is 5.60 Å². The molecule has 0 unspecified atom stereocenters. The van der Waals surface area contributed by atoms with Crippen LogP contribution in [0.25, 0.3) is 27.9 Å². The third kappa shape index (κ3) is 7.36. The van der Waals surface area contributed by atoms with E-state index in [4.69, 9.17) is 28.9 Å². The van der Waals surface area contributed by atoms with E-state index in [1.807, 2.05) is 87.6 Å². The predicted molar refractivity (Wildman–Crippen MR) is 195 cm³/mol. The summed E-state index contributed by atoms with van der Waals surface area (Å²) in [5.41, 5.74) is 6.90. The maximum absolute atomic E-state index is 12.7. The van der Waals surface area contributed by atoms with Crippen molar-refractivity contribution in [3.8, 4) is 22.9 Å². The molecule has 5 aromatic rings. The fourth-order valence-corrected chi connectivity index (χ4v) is 6.61. The van der Waals surface area contributed by atoms with Crippen LogP contribution in [-0.4, -0.2) is 75.3 Å². The molecule has 1 amide bonds. The zero-order valence-corrected chi connectivity index (χ0v) is 29.7. The van der Waals surface area contributed by atoms with Crippen LogP contribution in [0.3, 0.4) is 0 Å². The van der Waals surface area contributed by atoms with Crippen LogP contribution in [0.1, 0.15) is 62.5 Å². The summed E-state index contributed by atoms with van der Waals surface area (Å²) >= 11 is 0. The van der Waals surface area contributed by atoms with Crippen LogP contribution in [0.5, 0.6) is 11.6 Å². The van der Waals surface area contributed by atoms with Crippen LogP contribution in [0.2, 0.25) is 0 Å². The van der Waals surface area contributed by atoms with Crippen molar-refractivity contribution >= 4 is 28.6 Å². The first-order valence-corrected chi connectivity index (χ1v) is 17.3. The number of nitrogens with zero attached hydrogens (tertiary/aromatic N) is 6. The van der Waals surface area contributed by atoms with E-state index in [2.05, 4.69) is 33.1 Å². The van der Waals surface area contributed by atoms with Gasteiger partial charge in [0.2, 0.25) is 11.8 Å². The normalized spacial score (nSPS) is 16.1. The van der Waals surface area contributed by atoms with Crippen molar-refractivity contribution in [1.29, 1.82) is 0 Å². The highest BCUT2D eigenvalue weighted by Crippen LogP contribution is 2.40. The number of H-pyrrole nitrogens is 1. The molecule has 264 valence electrons. The number of carbonyl (C=O) groups is 1. The standard InChI is InChI=1S/C39H43N7O5/c1-25-34-29-21-32(28-13-9-10-14-33(28)50-24-48-5)43-44-35(29)41-31(34)17-20-46(25)37-40-22-30(36(42-37)49-23-26-11-7-6-8-12-26)27-15-18-45(19-16-27)38(47)51-39(2,3)4/h6-15,21-22,25H,16-20,23-24H2,1-5H3,(H,41,44)/t25-/m1/s1. The number of carbonyl (C=O) groups excluding carboxylic acids is 1. The number of nitrogens with one attached hydrogen (secondary N) is 1. The maximum atomic E-state index is 12.7. The zero-order valence-electron chi connectivity index (χ0n) is 29.7. The molecule has 51 heavy (non-hydrogen) atoms. The summed E-state index contributed by atoms with van der Waals surface area (Å²) in [7, 11) is 1.60. The Morgan fingerprint density at radius 3 is 2.55 bits per heavy atom. The van der Waals surface area contributed by atoms with Crippen molar-refractivity contribution in [1.82, 2.24) is 30.0 Å². The van der Waals surface area contributed by atoms with Gasteiger partial charge in [-0.25, -0.2) is 9.78 Å². The average molecular weight is 690 g/mol. The molecule has 12 heteroatoms. The van der Waals surface area contributed by atoms with Gasteiger partial charge in [-0.15, -0.1) is 10.2 Å². The second-order valence-corrected chi connectivity index (χ2v) is 13.7. The minimum Gasteiger partial charge on any atom is -0.472 e. The van der Waals surface area contributed by atoms with Gasteiger partial charge in [0.25, 0.3) is 0 Å². The smallest absolute Gasteiger partial charge is 0.410 e. The number of anilines is 1. The summed E-state index contributed by atoms with van der Waals surface area (Å²) < 4.78 is 23.0. The second kappa shape index (κ2) is 14.4. The average Bonchev–Trinajstić information content (AvgIpc) is 3.52. The molecule has 0 saturated carbocycles. The summed E-state index contributed by atoms with van der Waals surface area (Å²) in [6.07, 6.45) is 4.97. The number of aromatic amines is 1. The third-order valence-corrected chi connectivity index (χ3v) is 9.08. The summed E-state index contributed by atoms with van der Waals surface area (Å²) in [6, 6.07) is 19.8. The van der Waals surface area contributed by atoms with Crippen molar-refractivity contribution in [3.05, 3.63) is 95.3 Å². The highest BCUT2D eigenvalue weighted by molar-refractivity contribution is 5.86. The Morgan fingerprint density at radius 2 is 1.78 bits per heavy atom. The fourth-order valence-electron chi connectivity index (χ4n) is 6.61. The molecule has 0 aliphatic carbocycles. The number of methoxy groups -OCH3 is 1. The van der Waals surface area contributed by atoms with E-state index in [1.54, 1.807) is 12.0 Å². The van der Waals surface area contributed by atoms with Crippen molar-refractivity contribution in [2.45, 2.75) is 58.8 Å². The van der Waals surface area contributed by atoms with Gasteiger partial charge in [-0.05, 0) is 63.5 Å². The first-order valence-electron chi connectivity index (χ1n) is 17.3. The van der Waals surface area contributed by atoms with Gasteiger partial charge in [0.1, 0.15) is 18.0 Å². The van der Waals surface area contributed by atoms with Gasteiger partial charge >= 0.3 is 6.09 Å². The second-order valence-electron chi connectivity index (χ2n) is 13.7. The molecule has 5 heterocycles. The number of fused-ring (bicyclic) bond motifs is 3. The molecule has 3 aromatic heterocycles. The number of aromatic nitrogens is 5. The van der Waals surface area contributed by atoms with E-state index in [9.17, 15) is 4.79 Å². The third-order valence-electron chi connectivity index (χ3n) is 9.08. The van der Waals surface area contributed by atoms with Crippen LogP contribution < -0.4 is 14.4 Å². The molecule has 0 bridgehead atoms. The Balaban J connectivity index is 1.19. The number of hydrogen-bond acceptors (Lipinski definition) is 10. The molecule has 1 N–H and O–H groups in total. The minimum atomic E-state index is -0.553. The van der Waals surface area contributed by atoms with Gasteiger partial charge < -0.3 is 33.7 Å². The number of amides is 1. The van der Waals surface area contributed by atoms with Crippen LogP contribution in [0.4, 0.5) is 10.7 Å². The lowest BCUT2D eigenvalue weighted by Gasteiger charge is -2.34. The Kier molecular flexibility index (Phi) is 9.59. The predicted octanol–water partition coefficient (Wildman–Crippen LogP) is 7.12. The summed E-state index contributed by atoms with van der Waals surface area (Å²) in [5, 5.41) is 10.1. The van der Waals surface area contributed by atoms with Crippen molar-refractivity contribution < 1.29 is 23.7 Å². The van der Waals surface area contributed by atoms with Crippen LogP contribution in [0.15, 0.2) is 72.9 Å². The first-order chi connectivity index (χ1) is 24.7. The monoisotopic (exact) mass is 689 g/mol. The summed E-state index contributed by atoms with van der Waals surface area (Å²) in [4.78, 5) is 30.1. The first kappa shape index (κ1) is 34.0. The van der Waals surface area contributed by atoms with E-state index in [0.717, 1.165) is 51.0 Å². The molecule has 0 radical (unpaired) electrons. The Labute approximate surface area is 297 Å². The van der Waals surface area contributed by atoms with E-state index in [1.165, 1.54) is 0 Å². The zero-order chi connectivity index (χ0) is 35.5. The number of ether oxygens (including phenoxy) is 4. The molecule has 2 aliphatic rings. The summed E-state index contributed by atoms with van der Waals surface area (Å²) in [6.45, 7) is 9.96. The van der Waals surface area contributed by atoms with Gasteiger partial charge in [0.05, 0.1) is 17.3 Å². The van der Waals surface area contributed by atoms with Gasteiger partial charge in [0.15, 0.2) is 12.4 Å². The lowest BCUT2D eigenvalue weighted by atomic mass is 9.97. The molecule has 0 fully saturated rings. The van der Waals surface area contributed by atoms with Gasteiger partial charge in [-0.2, -0.15) is 4.98 Å². The van der Waals surface area contributed by atoms with E-state index >= 15 is 0 Å². The molecular weight excluding hydrogens is 646 g/mol. The molecule has 2 aliphatic heterocycles. The molecular formula is C39H43N7O5. The number of hydrogen-bond donors (Lipinski definition) is 1. The van der Waals surface area contributed by atoms with Crippen LogP contribution >= 0.6 is 0 Å². The van der Waals surface area contributed by atoms with Crippen molar-refractivity contribution in [3.63, 3.8) is 0 Å². The molecule has 2 aromatic carbocycles. The minimum absolute atomic E-state index is 0.0661. The number of para-hydroxylation sites is 1. The lowest BCUT2D eigenvalue weighted by molar-refractivity contribution is 0.0270. The lowest BCUT2D eigenvalue weighted by Crippen LogP contribution is -2.39. The maximum Gasteiger partial charge on any atom is 0.410 e. The Hall–Kier alpha value is -5.49. The van der Waals surface area contributed by atoms with Gasteiger partial charge in [0, 0.05) is 61.6 Å². The molecule has 1 atom stereocenters. The molecule has 0 spiro atoms. The van der Waals surface area contributed by atoms with Crippen molar-refractivity contribution in [2.75, 3.05) is 38.4 Å². The van der Waals surface area contributed by atoms with E-state index in [-0.39, 0.29) is 18.9 Å². The SMILES string of the molecule is COCOc1ccccc1-c1cc2c3c([nH]c2nn1)CCN(c1ncc(C2=CCN(C(=O)OC(C)(C)C)CC2)c(OCc2ccccc2)n1)[C@@H]3C. The van der Waals surface area contributed by atoms with Crippen molar-refractivity contribution in [2.24, 2.45) is 0 Å². The highest BCUT2D eigenvalue weighted by atomic mass is 16.7. The number of benzene rings is 2. The highest BCUT2D eigenvalue weighted by Gasteiger charge is 2.32. The Morgan fingerprint density at radius 1 is 0.980 bits per heavy atom. The van der Waals surface area contributed by atoms with Crippen LogP contribution in [-0.2, 0) is 22.5 Å².